The van der Waals surface area contributed by atoms with E-state index >= 15 is 0 Å². The van der Waals surface area contributed by atoms with Gasteiger partial charge in [-0.2, -0.15) is 0 Å². The molecule has 92 valence electrons. The molecule has 3 atom stereocenters. The van der Waals surface area contributed by atoms with Crippen LogP contribution in [0.25, 0.3) is 0 Å². The molecule has 16 heavy (non-hydrogen) atoms. The molecule has 1 rings (SSSR count). The Kier molecular flexibility index (Phi) is 4.41. The van der Waals surface area contributed by atoms with Crippen molar-refractivity contribution in [2.24, 2.45) is 23.2 Å². The van der Waals surface area contributed by atoms with Gasteiger partial charge < -0.3 is 0 Å². The minimum atomic E-state index is 0.251. The van der Waals surface area contributed by atoms with Gasteiger partial charge in [0.1, 0.15) is 0 Å². The van der Waals surface area contributed by atoms with Crippen molar-refractivity contribution in [2.45, 2.75) is 53.4 Å². The lowest BCUT2D eigenvalue weighted by atomic mass is 9.76. The third-order valence-electron chi connectivity index (χ3n) is 4.56. The topological polar surface area (TPSA) is 0 Å². The Morgan fingerprint density at radius 2 is 1.75 bits per heavy atom. The lowest BCUT2D eigenvalue weighted by molar-refractivity contribution is 0.262. The van der Waals surface area contributed by atoms with E-state index in [1.807, 2.05) is 0 Å². The molecule has 3 unspecified atom stereocenters. The normalized spacial score (nSPS) is 33.0. The van der Waals surface area contributed by atoms with Crippen LogP contribution in [-0.2, 0) is 0 Å². The number of rotatable bonds is 5. The Labute approximate surface area is 102 Å². The van der Waals surface area contributed by atoms with Gasteiger partial charge in [0.25, 0.3) is 0 Å². The highest BCUT2D eigenvalue weighted by Gasteiger charge is 2.48. The van der Waals surface area contributed by atoms with Crippen LogP contribution in [0.1, 0.15) is 53.4 Å². The van der Waals surface area contributed by atoms with Gasteiger partial charge in [-0.05, 0) is 36.0 Å². The van der Waals surface area contributed by atoms with Gasteiger partial charge in [-0.25, -0.2) is 0 Å². The molecule has 0 heterocycles. The largest absolute Gasteiger partial charge is 0.103 e. The number of allylic oxidation sites excluding steroid dienone is 2. The van der Waals surface area contributed by atoms with Crippen molar-refractivity contribution in [1.82, 2.24) is 0 Å². The van der Waals surface area contributed by atoms with E-state index in [4.69, 9.17) is 0 Å². The summed E-state index contributed by atoms with van der Waals surface area (Å²) in [6.45, 7) is 17.7. The van der Waals surface area contributed by atoms with Crippen LogP contribution in [0, 0.1) is 23.2 Å². The first-order chi connectivity index (χ1) is 7.50. The predicted molar refractivity (Wildman–Crippen MR) is 73.4 cm³/mol. The van der Waals surface area contributed by atoms with Gasteiger partial charge in [0.15, 0.2) is 0 Å². The lowest BCUT2D eigenvalue weighted by Crippen LogP contribution is -2.21. The van der Waals surface area contributed by atoms with Crippen LogP contribution >= 0.6 is 0 Å². The monoisotopic (exact) mass is 220 g/mol. The van der Waals surface area contributed by atoms with Crippen LogP contribution in [0.15, 0.2) is 24.8 Å². The van der Waals surface area contributed by atoms with Crippen LogP contribution in [0.2, 0.25) is 0 Å². The van der Waals surface area contributed by atoms with Crippen LogP contribution in [0.3, 0.4) is 0 Å². The van der Waals surface area contributed by atoms with Crippen molar-refractivity contribution in [3.63, 3.8) is 0 Å². The Balaban J connectivity index is 2.99. The maximum atomic E-state index is 4.39. The second-order valence-corrected chi connectivity index (χ2v) is 5.86. The summed E-state index contributed by atoms with van der Waals surface area (Å²) in [5.74, 6) is 2.13. The summed E-state index contributed by atoms with van der Waals surface area (Å²) in [7, 11) is 0. The van der Waals surface area contributed by atoms with E-state index in [1.54, 1.807) is 0 Å². The summed E-state index contributed by atoms with van der Waals surface area (Å²) >= 11 is 0. The third kappa shape index (κ3) is 2.12. The van der Waals surface area contributed by atoms with E-state index in [0.717, 1.165) is 11.8 Å². The lowest BCUT2D eigenvalue weighted by Gasteiger charge is -2.28. The van der Waals surface area contributed by atoms with Crippen molar-refractivity contribution in [3.8, 4) is 0 Å². The van der Waals surface area contributed by atoms with Gasteiger partial charge in [-0.1, -0.05) is 58.8 Å². The molecule has 0 radical (unpaired) electrons. The average molecular weight is 220 g/mol. The SMILES string of the molecule is C=CC1C(CCC)C(CCC)C(=C)C1(C)C. The molecule has 1 aliphatic rings. The molecule has 0 bridgehead atoms. The van der Waals surface area contributed by atoms with Crippen molar-refractivity contribution in [2.75, 3.05) is 0 Å². The molecule has 1 aliphatic carbocycles. The molecular formula is C16H28. The standard InChI is InChI=1S/C16H28/c1-7-10-13-12(4)16(5,6)15(9-3)14(13)11-8-2/h9,13-15H,3-4,7-8,10-11H2,1-2,5-6H3. The molecule has 0 N–H and O–H groups in total. The first-order valence-corrected chi connectivity index (χ1v) is 6.82. The molecule has 0 amide bonds. The van der Waals surface area contributed by atoms with Gasteiger partial charge in [-0.3, -0.25) is 0 Å². The third-order valence-corrected chi connectivity index (χ3v) is 4.56. The highest BCUT2D eigenvalue weighted by molar-refractivity contribution is 5.24. The van der Waals surface area contributed by atoms with Gasteiger partial charge >= 0.3 is 0 Å². The van der Waals surface area contributed by atoms with Crippen molar-refractivity contribution in [1.29, 1.82) is 0 Å². The molecule has 0 aliphatic heterocycles. The second-order valence-electron chi connectivity index (χ2n) is 5.86. The Morgan fingerprint density at radius 3 is 2.19 bits per heavy atom. The minimum Gasteiger partial charge on any atom is -0.103 e. The molecule has 0 aromatic heterocycles. The summed E-state index contributed by atoms with van der Waals surface area (Å²) < 4.78 is 0. The number of hydrogen-bond donors (Lipinski definition) is 0. The Bertz CT molecular complexity index is 259. The highest BCUT2D eigenvalue weighted by atomic mass is 14.5. The van der Waals surface area contributed by atoms with Crippen LogP contribution < -0.4 is 0 Å². The maximum absolute atomic E-state index is 4.39. The molecule has 0 spiro atoms. The maximum Gasteiger partial charge on any atom is -0.00790 e. The summed E-state index contributed by atoms with van der Waals surface area (Å²) in [5, 5.41) is 0. The molecule has 0 aromatic carbocycles. The fraction of sp³-hybridized carbons (Fsp3) is 0.750. The molecule has 0 nitrogen and oxygen atoms in total. The predicted octanol–water partition coefficient (Wildman–Crippen LogP) is 5.22. The van der Waals surface area contributed by atoms with Crippen LogP contribution in [0.4, 0.5) is 0 Å². The van der Waals surface area contributed by atoms with Crippen molar-refractivity contribution < 1.29 is 0 Å². The first kappa shape index (κ1) is 13.5. The zero-order chi connectivity index (χ0) is 12.3. The highest BCUT2D eigenvalue weighted by Crippen LogP contribution is 2.56. The molecule has 0 heteroatoms. The van der Waals surface area contributed by atoms with Gasteiger partial charge in [-0.15, -0.1) is 6.58 Å². The van der Waals surface area contributed by atoms with E-state index in [-0.39, 0.29) is 5.41 Å². The van der Waals surface area contributed by atoms with E-state index in [2.05, 4.69) is 46.9 Å². The van der Waals surface area contributed by atoms with Crippen molar-refractivity contribution in [3.05, 3.63) is 24.8 Å². The van der Waals surface area contributed by atoms with E-state index < -0.39 is 0 Å². The summed E-state index contributed by atoms with van der Waals surface area (Å²) in [6, 6.07) is 0. The number of hydrogen-bond acceptors (Lipinski definition) is 0. The molecule has 1 saturated carbocycles. The molecule has 1 fully saturated rings. The second kappa shape index (κ2) is 5.21. The Morgan fingerprint density at radius 1 is 1.19 bits per heavy atom. The summed E-state index contributed by atoms with van der Waals surface area (Å²) in [6.07, 6.45) is 7.35. The quantitative estimate of drug-likeness (QED) is 0.557. The van der Waals surface area contributed by atoms with E-state index in [0.29, 0.717) is 5.92 Å². The van der Waals surface area contributed by atoms with Gasteiger partial charge in [0, 0.05) is 0 Å². The van der Waals surface area contributed by atoms with E-state index in [9.17, 15) is 0 Å². The Hall–Kier alpha value is -0.520. The molecular weight excluding hydrogens is 192 g/mol. The van der Waals surface area contributed by atoms with E-state index in [1.165, 1.54) is 31.3 Å². The first-order valence-electron chi connectivity index (χ1n) is 6.82. The summed E-state index contributed by atoms with van der Waals surface area (Å²) in [5.41, 5.74) is 1.72. The van der Waals surface area contributed by atoms with Gasteiger partial charge in [0.05, 0.1) is 0 Å². The minimum absolute atomic E-state index is 0.251. The summed E-state index contributed by atoms with van der Waals surface area (Å²) in [4.78, 5) is 0. The zero-order valence-corrected chi connectivity index (χ0v) is 11.6. The fourth-order valence-corrected chi connectivity index (χ4v) is 3.62. The van der Waals surface area contributed by atoms with Crippen LogP contribution in [-0.4, -0.2) is 0 Å². The molecule has 0 aromatic rings. The zero-order valence-electron chi connectivity index (χ0n) is 11.6. The van der Waals surface area contributed by atoms with Crippen LogP contribution in [0.5, 0.6) is 0 Å². The average Bonchev–Trinajstić information content (AvgIpc) is 2.40. The smallest absolute Gasteiger partial charge is 0.00790 e. The fourth-order valence-electron chi connectivity index (χ4n) is 3.62. The molecule has 0 saturated heterocycles. The van der Waals surface area contributed by atoms with Gasteiger partial charge in [0.2, 0.25) is 0 Å². The van der Waals surface area contributed by atoms with Crippen molar-refractivity contribution >= 4 is 0 Å².